The van der Waals surface area contributed by atoms with Crippen LogP contribution in [0.4, 0.5) is 5.69 Å². The Balaban J connectivity index is 1.45. The molecule has 2 aliphatic rings. The fourth-order valence-corrected chi connectivity index (χ4v) is 4.72. The molecule has 0 radical (unpaired) electrons. The van der Waals surface area contributed by atoms with Crippen LogP contribution in [0, 0.1) is 5.92 Å². The number of anilines is 1. The topological polar surface area (TPSA) is 75.7 Å². The smallest absolute Gasteiger partial charge is 0.310 e. The fraction of sp³-hybridized carbons (Fsp3) is 0.292. The van der Waals surface area contributed by atoms with Crippen molar-refractivity contribution in [2.24, 2.45) is 5.92 Å². The number of carbonyl (C=O) groups excluding carboxylic acids is 3. The number of hydrogen-bond acceptors (Lipinski definition) is 5. The van der Waals surface area contributed by atoms with Crippen LogP contribution in [-0.4, -0.2) is 42.4 Å². The van der Waals surface area contributed by atoms with Gasteiger partial charge in [0.05, 0.1) is 23.1 Å². The van der Waals surface area contributed by atoms with E-state index in [1.165, 1.54) is 11.8 Å². The first-order valence-electron chi connectivity index (χ1n) is 10.4. The van der Waals surface area contributed by atoms with Gasteiger partial charge < -0.3 is 15.0 Å². The van der Waals surface area contributed by atoms with E-state index in [0.29, 0.717) is 30.2 Å². The van der Waals surface area contributed by atoms with Crippen LogP contribution in [0.3, 0.4) is 0 Å². The zero-order valence-corrected chi connectivity index (χ0v) is 18.1. The van der Waals surface area contributed by atoms with Crippen molar-refractivity contribution in [1.82, 2.24) is 4.90 Å². The Labute approximate surface area is 185 Å². The van der Waals surface area contributed by atoms with Crippen molar-refractivity contribution in [2.45, 2.75) is 24.7 Å². The van der Waals surface area contributed by atoms with E-state index >= 15 is 0 Å². The van der Waals surface area contributed by atoms with E-state index in [2.05, 4.69) is 5.32 Å². The largest absolute Gasteiger partial charge is 0.466 e. The van der Waals surface area contributed by atoms with Crippen LogP contribution in [0.2, 0.25) is 0 Å². The molecule has 2 aromatic rings. The minimum atomic E-state index is -0.258. The summed E-state index contributed by atoms with van der Waals surface area (Å²) in [6, 6.07) is 14.9. The minimum absolute atomic E-state index is 0.0908. The molecule has 2 aliphatic heterocycles. The highest BCUT2D eigenvalue weighted by Gasteiger charge is 2.29. The summed E-state index contributed by atoms with van der Waals surface area (Å²) in [6.45, 7) is 3.16. The molecule has 1 atom stereocenters. The molecule has 2 heterocycles. The second kappa shape index (κ2) is 9.39. The maximum atomic E-state index is 12.9. The highest BCUT2D eigenvalue weighted by molar-refractivity contribution is 8.04. The Kier molecular flexibility index (Phi) is 6.42. The Bertz CT molecular complexity index is 1030. The number of nitrogens with one attached hydrogen (secondary N) is 1. The maximum absolute atomic E-state index is 12.9. The lowest BCUT2D eigenvalue weighted by molar-refractivity contribution is -0.149. The lowest BCUT2D eigenvalue weighted by Crippen LogP contribution is -2.42. The highest BCUT2D eigenvalue weighted by atomic mass is 32.2. The van der Waals surface area contributed by atoms with Crippen molar-refractivity contribution >= 4 is 41.3 Å². The lowest BCUT2D eigenvalue weighted by atomic mass is 9.97. The number of carbonyl (C=O) groups is 3. The van der Waals surface area contributed by atoms with Gasteiger partial charge in [0.25, 0.3) is 11.8 Å². The third kappa shape index (κ3) is 4.82. The third-order valence-corrected chi connectivity index (χ3v) is 6.46. The molecule has 160 valence electrons. The molecule has 31 heavy (non-hydrogen) atoms. The molecule has 0 spiro atoms. The first-order valence-corrected chi connectivity index (χ1v) is 11.2. The number of fused-ring (bicyclic) bond motifs is 1. The summed E-state index contributed by atoms with van der Waals surface area (Å²) in [4.78, 5) is 40.6. The molecular formula is C24H24N2O4S. The zero-order chi connectivity index (χ0) is 21.8. The van der Waals surface area contributed by atoms with Gasteiger partial charge in [0.2, 0.25) is 0 Å². The quantitative estimate of drug-likeness (QED) is 0.575. The summed E-state index contributed by atoms with van der Waals surface area (Å²) >= 11 is 1.43. The van der Waals surface area contributed by atoms with Crippen molar-refractivity contribution < 1.29 is 19.1 Å². The van der Waals surface area contributed by atoms with E-state index in [9.17, 15) is 14.4 Å². The van der Waals surface area contributed by atoms with Gasteiger partial charge in [-0.2, -0.15) is 0 Å². The molecule has 7 heteroatoms. The van der Waals surface area contributed by atoms with Gasteiger partial charge in [-0.15, -0.1) is 0 Å². The third-order valence-electron chi connectivity index (χ3n) is 5.36. The first kappa shape index (κ1) is 21.2. The van der Waals surface area contributed by atoms with E-state index < -0.39 is 0 Å². The van der Waals surface area contributed by atoms with Gasteiger partial charge in [-0.3, -0.25) is 14.4 Å². The minimum Gasteiger partial charge on any atom is -0.466 e. The predicted molar refractivity (Wildman–Crippen MR) is 121 cm³/mol. The molecule has 0 bridgehead atoms. The molecule has 6 nitrogen and oxygen atoms in total. The van der Waals surface area contributed by atoms with Crippen molar-refractivity contribution in [2.75, 3.05) is 25.0 Å². The summed E-state index contributed by atoms with van der Waals surface area (Å²) in [6.07, 6.45) is 3.35. The molecule has 1 saturated heterocycles. The Hall–Kier alpha value is -3.06. The number of benzene rings is 2. The van der Waals surface area contributed by atoms with Crippen molar-refractivity contribution in [3.8, 4) is 0 Å². The normalized spacial score (nSPS) is 19.5. The molecule has 0 aliphatic carbocycles. The molecule has 1 fully saturated rings. The van der Waals surface area contributed by atoms with Crippen molar-refractivity contribution in [1.29, 1.82) is 0 Å². The van der Waals surface area contributed by atoms with Gasteiger partial charge in [0, 0.05) is 23.5 Å². The van der Waals surface area contributed by atoms with E-state index in [0.717, 1.165) is 29.0 Å². The van der Waals surface area contributed by atoms with E-state index in [1.807, 2.05) is 42.5 Å². The molecule has 2 amide bonds. The molecular weight excluding hydrogens is 412 g/mol. The maximum Gasteiger partial charge on any atom is 0.310 e. The number of likely N-dealkylation sites (tertiary alicyclic amines) is 1. The zero-order valence-electron chi connectivity index (χ0n) is 17.3. The molecule has 0 saturated carbocycles. The van der Waals surface area contributed by atoms with Crippen LogP contribution in [0.5, 0.6) is 0 Å². The van der Waals surface area contributed by atoms with Crippen molar-refractivity contribution in [3.63, 3.8) is 0 Å². The number of hydrogen-bond donors (Lipinski definition) is 1. The molecule has 1 unspecified atom stereocenters. The second-order valence-corrected chi connectivity index (χ2v) is 8.61. The van der Waals surface area contributed by atoms with Gasteiger partial charge in [0.15, 0.2) is 0 Å². The van der Waals surface area contributed by atoms with Crippen LogP contribution >= 0.6 is 11.8 Å². The standard InChI is InChI=1S/C24H24N2O4S/c1-2-30-24(29)18-6-5-13-26(15-18)23(28)17-11-9-16(10-12-17)14-21-22(27)25-19-7-3-4-8-20(19)31-21/h3-4,7-12,14,18H,2,5-6,13,15H2,1H3,(H,25,27). The summed E-state index contributed by atoms with van der Waals surface area (Å²) in [5.74, 6) is -0.715. The molecule has 2 aromatic carbocycles. The van der Waals surface area contributed by atoms with Crippen LogP contribution in [-0.2, 0) is 14.3 Å². The van der Waals surface area contributed by atoms with Crippen molar-refractivity contribution in [3.05, 3.63) is 64.6 Å². The molecule has 1 N–H and O–H groups in total. The SMILES string of the molecule is CCOC(=O)C1CCCN(C(=O)c2ccc(C=C3Sc4ccccc4NC3=O)cc2)C1. The highest BCUT2D eigenvalue weighted by Crippen LogP contribution is 2.38. The van der Waals surface area contributed by atoms with Gasteiger partial charge in [0.1, 0.15) is 0 Å². The summed E-state index contributed by atoms with van der Waals surface area (Å²) in [5, 5.41) is 2.90. The molecule has 4 rings (SSSR count). The van der Waals surface area contributed by atoms with Gasteiger partial charge in [-0.1, -0.05) is 36.0 Å². The summed E-state index contributed by atoms with van der Waals surface area (Å²) in [7, 11) is 0. The average molecular weight is 437 g/mol. The van der Waals surface area contributed by atoms with Crippen LogP contribution < -0.4 is 5.32 Å². The summed E-state index contributed by atoms with van der Waals surface area (Å²) in [5.41, 5.74) is 2.23. The predicted octanol–water partition coefficient (Wildman–Crippen LogP) is 4.19. The van der Waals surface area contributed by atoms with E-state index in [4.69, 9.17) is 4.74 Å². The van der Waals surface area contributed by atoms with Gasteiger partial charge >= 0.3 is 5.97 Å². The number of rotatable bonds is 4. The molecule has 0 aromatic heterocycles. The number of thioether (sulfide) groups is 1. The second-order valence-electron chi connectivity index (χ2n) is 7.53. The Morgan fingerprint density at radius 2 is 1.97 bits per heavy atom. The Morgan fingerprint density at radius 3 is 2.74 bits per heavy atom. The first-order chi connectivity index (χ1) is 15.0. The number of amides is 2. The number of esters is 1. The van der Waals surface area contributed by atoms with Gasteiger partial charge in [-0.25, -0.2) is 0 Å². The van der Waals surface area contributed by atoms with E-state index in [1.54, 1.807) is 24.0 Å². The Morgan fingerprint density at radius 1 is 1.19 bits per heavy atom. The van der Waals surface area contributed by atoms with E-state index in [-0.39, 0.29) is 23.7 Å². The lowest BCUT2D eigenvalue weighted by Gasteiger charge is -2.31. The number of ether oxygens (including phenoxy) is 1. The average Bonchev–Trinajstić information content (AvgIpc) is 2.80. The fourth-order valence-electron chi connectivity index (χ4n) is 3.77. The number of piperidine rings is 1. The number of nitrogens with zero attached hydrogens (tertiary/aromatic N) is 1. The summed E-state index contributed by atoms with van der Waals surface area (Å²) < 4.78 is 5.12. The van der Waals surface area contributed by atoms with Crippen LogP contribution in [0.1, 0.15) is 35.7 Å². The monoisotopic (exact) mass is 436 g/mol. The van der Waals surface area contributed by atoms with Gasteiger partial charge in [-0.05, 0) is 55.7 Å². The number of para-hydroxylation sites is 1. The van der Waals surface area contributed by atoms with Crippen LogP contribution in [0.25, 0.3) is 6.08 Å². The van der Waals surface area contributed by atoms with Crippen LogP contribution in [0.15, 0.2) is 58.3 Å².